The van der Waals surface area contributed by atoms with Crippen LogP contribution in [0.25, 0.3) is 0 Å². The standard InChI is InChI=1S/C7H7NO/c9-6-7-4-2-1-3-5-8-7/h1-7H/p+1. The van der Waals surface area contributed by atoms with Crippen LogP contribution < -0.4 is 0 Å². The van der Waals surface area contributed by atoms with Crippen LogP contribution in [0.2, 0.25) is 0 Å². The normalized spacial score (nSPS) is 23.8. The van der Waals surface area contributed by atoms with Crippen molar-refractivity contribution in [2.45, 2.75) is 6.04 Å². The van der Waals surface area contributed by atoms with Crippen LogP contribution in [0.4, 0.5) is 0 Å². The summed E-state index contributed by atoms with van der Waals surface area (Å²) in [5.74, 6) is 0. The zero-order valence-electron chi connectivity index (χ0n) is 5.90. The molecule has 1 aliphatic heterocycles. The molecular weight excluding hydrogens is 114 g/mol. The van der Waals surface area contributed by atoms with Crippen LogP contribution in [-0.4, -0.2) is 18.5 Å². The van der Waals surface area contributed by atoms with Crippen molar-refractivity contribution in [3.8, 4) is 0 Å². The first-order valence-corrected chi connectivity index (χ1v) is 2.75. The Hall–Kier alpha value is -1.18. The lowest BCUT2D eigenvalue weighted by Crippen LogP contribution is -1.99. The van der Waals surface area contributed by atoms with Gasteiger partial charge in [0.05, 0.1) is 0 Å². The predicted octanol–water partition coefficient (Wildman–Crippen LogP) is 0.863. The third kappa shape index (κ3) is 1.64. The molecule has 46 valence electrons. The Morgan fingerprint density at radius 2 is 2.33 bits per heavy atom. The second-order valence-corrected chi connectivity index (χ2v) is 1.69. The molecule has 0 aliphatic carbocycles. The summed E-state index contributed by atoms with van der Waals surface area (Å²) in [7, 11) is 0. The SMILES string of the molecule is O=CC1C=CC=CC=N1.[H+]. The van der Waals surface area contributed by atoms with Crippen molar-refractivity contribution in [1.82, 2.24) is 0 Å². The Morgan fingerprint density at radius 1 is 1.44 bits per heavy atom. The summed E-state index contributed by atoms with van der Waals surface area (Å²) in [6.07, 6.45) is 9.62. The first kappa shape index (κ1) is 5.95. The number of carbonyl (C=O) groups excluding carboxylic acids is 1. The van der Waals surface area contributed by atoms with Crippen molar-refractivity contribution >= 4 is 12.5 Å². The lowest BCUT2D eigenvalue weighted by atomic mass is 10.3. The summed E-state index contributed by atoms with van der Waals surface area (Å²) in [6, 6.07) is -0.278. The van der Waals surface area contributed by atoms with Crippen LogP contribution in [0.15, 0.2) is 29.3 Å². The van der Waals surface area contributed by atoms with Crippen LogP contribution >= 0.6 is 0 Å². The molecule has 1 atom stereocenters. The molecule has 0 saturated heterocycles. The maximum atomic E-state index is 10.1. The quantitative estimate of drug-likeness (QED) is 0.474. The lowest BCUT2D eigenvalue weighted by molar-refractivity contribution is -0.108. The second kappa shape index (κ2) is 2.97. The summed E-state index contributed by atoms with van der Waals surface area (Å²) >= 11 is 0. The molecule has 1 unspecified atom stereocenters. The van der Waals surface area contributed by atoms with Gasteiger partial charge in [-0.2, -0.15) is 0 Å². The number of hydrogen-bond donors (Lipinski definition) is 0. The van der Waals surface area contributed by atoms with Crippen molar-refractivity contribution in [1.29, 1.82) is 0 Å². The molecule has 0 saturated carbocycles. The summed E-state index contributed by atoms with van der Waals surface area (Å²) in [5.41, 5.74) is 0. The zero-order valence-corrected chi connectivity index (χ0v) is 4.90. The number of allylic oxidation sites excluding steroid dienone is 3. The van der Waals surface area contributed by atoms with Crippen molar-refractivity contribution in [3.63, 3.8) is 0 Å². The maximum absolute atomic E-state index is 10.1. The fourth-order valence-electron chi connectivity index (χ4n) is 0.571. The van der Waals surface area contributed by atoms with Crippen LogP contribution in [0.1, 0.15) is 1.43 Å². The fraction of sp³-hybridized carbons (Fsp3) is 0.143. The number of aldehydes is 1. The lowest BCUT2D eigenvalue weighted by Gasteiger charge is -1.90. The van der Waals surface area contributed by atoms with Gasteiger partial charge in [0.2, 0.25) is 0 Å². The van der Waals surface area contributed by atoms with E-state index in [1.165, 1.54) is 0 Å². The Kier molecular flexibility index (Phi) is 1.96. The molecule has 0 aromatic heterocycles. The highest BCUT2D eigenvalue weighted by molar-refractivity contribution is 5.76. The van der Waals surface area contributed by atoms with Gasteiger partial charge in [0.15, 0.2) is 0 Å². The molecule has 0 aromatic carbocycles. The van der Waals surface area contributed by atoms with Crippen molar-refractivity contribution < 1.29 is 6.22 Å². The molecule has 1 rings (SSSR count). The monoisotopic (exact) mass is 122 g/mol. The molecule has 9 heavy (non-hydrogen) atoms. The number of hydrogen-bond acceptors (Lipinski definition) is 2. The van der Waals surface area contributed by atoms with E-state index in [0.29, 0.717) is 0 Å². The highest BCUT2D eigenvalue weighted by Gasteiger charge is 1.95. The van der Waals surface area contributed by atoms with E-state index in [9.17, 15) is 4.79 Å². The summed E-state index contributed by atoms with van der Waals surface area (Å²) in [5, 5.41) is 0. The van der Waals surface area contributed by atoms with Crippen LogP contribution in [0, 0.1) is 0 Å². The van der Waals surface area contributed by atoms with Crippen molar-refractivity contribution in [3.05, 3.63) is 24.3 Å². The molecule has 0 N–H and O–H groups in total. The van der Waals surface area contributed by atoms with Gasteiger partial charge < -0.3 is 4.79 Å². The van der Waals surface area contributed by atoms with Gasteiger partial charge in [-0.05, 0) is 6.08 Å². The number of nitrogens with zero attached hydrogens (tertiary/aromatic N) is 1. The van der Waals surface area contributed by atoms with Gasteiger partial charge in [-0.25, -0.2) is 0 Å². The minimum atomic E-state index is -0.278. The molecule has 1 heterocycles. The van der Waals surface area contributed by atoms with Crippen LogP contribution in [0.3, 0.4) is 0 Å². The third-order valence-electron chi connectivity index (χ3n) is 1.01. The van der Waals surface area contributed by atoms with Crippen LogP contribution in [0.5, 0.6) is 0 Å². The number of rotatable bonds is 1. The van der Waals surface area contributed by atoms with Gasteiger partial charge in [0, 0.05) is 6.21 Å². The van der Waals surface area contributed by atoms with Gasteiger partial charge in [-0.3, -0.25) is 4.99 Å². The highest BCUT2D eigenvalue weighted by atomic mass is 16.1. The summed E-state index contributed by atoms with van der Waals surface area (Å²) in [4.78, 5) is 14.0. The van der Waals surface area contributed by atoms with Crippen LogP contribution in [-0.2, 0) is 4.79 Å². The smallest absolute Gasteiger partial charge is 0.301 e. The molecule has 0 bridgehead atoms. The Morgan fingerprint density at radius 3 is 3.11 bits per heavy atom. The maximum Gasteiger partial charge on any atom is 1.00 e. The third-order valence-corrected chi connectivity index (χ3v) is 1.01. The predicted molar refractivity (Wildman–Crippen MR) is 37.7 cm³/mol. The van der Waals surface area contributed by atoms with Crippen molar-refractivity contribution in [2.75, 3.05) is 0 Å². The molecular formula is C7H8NO+. The topological polar surface area (TPSA) is 29.4 Å². The Labute approximate surface area is 55.1 Å². The minimum absolute atomic E-state index is 0. The van der Waals surface area contributed by atoms with E-state index < -0.39 is 0 Å². The fourth-order valence-corrected chi connectivity index (χ4v) is 0.571. The Bertz CT molecular complexity index is 168. The molecule has 2 heteroatoms. The molecule has 0 fully saturated rings. The second-order valence-electron chi connectivity index (χ2n) is 1.69. The highest BCUT2D eigenvalue weighted by Crippen LogP contribution is 1.92. The van der Waals surface area contributed by atoms with E-state index in [1.54, 1.807) is 18.4 Å². The zero-order chi connectivity index (χ0) is 6.53. The van der Waals surface area contributed by atoms with Gasteiger partial charge in [0.1, 0.15) is 12.3 Å². The van der Waals surface area contributed by atoms with E-state index in [0.717, 1.165) is 6.29 Å². The molecule has 0 radical (unpaired) electrons. The van der Waals surface area contributed by atoms with E-state index >= 15 is 0 Å². The van der Waals surface area contributed by atoms with Gasteiger partial charge >= 0.3 is 1.43 Å². The molecule has 2 nitrogen and oxygen atoms in total. The van der Waals surface area contributed by atoms with Crippen molar-refractivity contribution in [2.24, 2.45) is 4.99 Å². The number of carbonyl (C=O) groups is 1. The van der Waals surface area contributed by atoms with Gasteiger partial charge in [-0.1, -0.05) is 18.2 Å². The van der Waals surface area contributed by atoms with E-state index in [-0.39, 0.29) is 7.47 Å². The molecule has 0 aromatic rings. The first-order chi connectivity index (χ1) is 4.43. The van der Waals surface area contributed by atoms with E-state index in [2.05, 4.69) is 4.99 Å². The Balaban J connectivity index is 0.000000810. The number of aliphatic imine (C=N–C) groups is 1. The molecule has 1 aliphatic rings. The molecule has 0 amide bonds. The summed E-state index contributed by atoms with van der Waals surface area (Å²) < 4.78 is 0. The first-order valence-electron chi connectivity index (χ1n) is 2.75. The summed E-state index contributed by atoms with van der Waals surface area (Å²) in [6.45, 7) is 0. The average molecular weight is 122 g/mol. The average Bonchev–Trinajstić information content (AvgIpc) is 2.13. The van der Waals surface area contributed by atoms with E-state index in [4.69, 9.17) is 0 Å². The minimum Gasteiger partial charge on any atom is -0.301 e. The van der Waals surface area contributed by atoms with Gasteiger partial charge in [0.25, 0.3) is 0 Å². The largest absolute Gasteiger partial charge is 1.00 e. The molecule has 0 spiro atoms. The van der Waals surface area contributed by atoms with E-state index in [1.807, 2.05) is 12.2 Å². The van der Waals surface area contributed by atoms with Gasteiger partial charge in [-0.15, -0.1) is 0 Å².